The van der Waals surface area contributed by atoms with Crippen molar-refractivity contribution in [2.24, 2.45) is 0 Å². The number of hydrogen-bond acceptors (Lipinski definition) is 5. The summed E-state index contributed by atoms with van der Waals surface area (Å²) in [5.74, 6) is 2.88. The molecule has 2 aromatic carbocycles. The van der Waals surface area contributed by atoms with E-state index in [1.807, 2.05) is 62.4 Å². The van der Waals surface area contributed by atoms with Gasteiger partial charge in [-0.1, -0.05) is 35.5 Å². The normalized spacial score (nSPS) is 12.1. The van der Waals surface area contributed by atoms with Crippen LogP contribution in [0, 0.1) is 6.92 Å². The van der Waals surface area contributed by atoms with Crippen molar-refractivity contribution in [2.75, 3.05) is 0 Å². The fourth-order valence-corrected chi connectivity index (χ4v) is 2.19. The molecule has 1 N–H and O–H groups in total. The zero-order chi connectivity index (χ0) is 16.1. The van der Waals surface area contributed by atoms with E-state index in [-0.39, 0.29) is 6.04 Å². The van der Waals surface area contributed by atoms with Gasteiger partial charge in [-0.05, 0) is 43.7 Å². The van der Waals surface area contributed by atoms with Crippen LogP contribution >= 0.6 is 0 Å². The Balaban J connectivity index is 1.61. The third-order valence-electron chi connectivity index (χ3n) is 3.40. The van der Waals surface area contributed by atoms with Gasteiger partial charge >= 0.3 is 0 Å². The topological polar surface area (TPSA) is 60.2 Å². The molecule has 0 spiro atoms. The number of benzene rings is 2. The number of nitrogens with zero attached hydrogens (tertiary/aromatic N) is 2. The van der Waals surface area contributed by atoms with Crippen molar-refractivity contribution < 1.29 is 9.26 Å². The molecule has 0 aliphatic carbocycles. The second-order valence-electron chi connectivity index (χ2n) is 5.34. The van der Waals surface area contributed by atoms with Crippen LogP contribution in [0.3, 0.4) is 0 Å². The third-order valence-corrected chi connectivity index (χ3v) is 3.40. The first kappa shape index (κ1) is 15.2. The molecule has 0 saturated carbocycles. The minimum absolute atomic E-state index is 0.00472. The Bertz CT molecular complexity index is 756. The molecule has 0 radical (unpaired) electrons. The van der Waals surface area contributed by atoms with E-state index in [4.69, 9.17) is 9.26 Å². The molecule has 23 heavy (non-hydrogen) atoms. The van der Waals surface area contributed by atoms with E-state index >= 15 is 0 Å². The van der Waals surface area contributed by atoms with Gasteiger partial charge in [0.2, 0.25) is 5.89 Å². The van der Waals surface area contributed by atoms with E-state index in [9.17, 15) is 0 Å². The number of nitrogens with one attached hydrogen (secondary N) is 1. The Morgan fingerprint density at radius 1 is 1.09 bits per heavy atom. The third kappa shape index (κ3) is 4.17. The molecule has 1 atom stereocenters. The van der Waals surface area contributed by atoms with Crippen LogP contribution in [0.25, 0.3) is 0 Å². The lowest BCUT2D eigenvalue weighted by molar-refractivity contribution is 0.336. The summed E-state index contributed by atoms with van der Waals surface area (Å²) >= 11 is 0. The second kappa shape index (κ2) is 7.07. The van der Waals surface area contributed by atoms with E-state index in [1.165, 1.54) is 0 Å². The molecule has 118 valence electrons. The molecule has 0 unspecified atom stereocenters. The van der Waals surface area contributed by atoms with Crippen LogP contribution in [0.5, 0.6) is 11.5 Å². The maximum atomic E-state index is 5.85. The maximum absolute atomic E-state index is 5.85. The van der Waals surface area contributed by atoms with Gasteiger partial charge in [0.05, 0.1) is 6.04 Å². The van der Waals surface area contributed by atoms with Crippen LogP contribution in [0.4, 0.5) is 0 Å². The first-order chi connectivity index (χ1) is 11.2. The van der Waals surface area contributed by atoms with Gasteiger partial charge < -0.3 is 14.6 Å². The molecule has 1 aromatic heterocycles. The standard InChI is InChI=1S/C18H19N3O2/c1-13(18-20-14(2)21-23-18)19-12-15-7-6-10-17(11-15)22-16-8-4-3-5-9-16/h3-11,13,19H,12H2,1-2H3/t13-/m1/s1. The summed E-state index contributed by atoms with van der Waals surface area (Å²) in [6.07, 6.45) is 0. The molecule has 0 fully saturated rings. The molecule has 5 nitrogen and oxygen atoms in total. The number of para-hydroxylation sites is 1. The molecule has 0 aliphatic heterocycles. The quantitative estimate of drug-likeness (QED) is 0.745. The zero-order valence-electron chi connectivity index (χ0n) is 13.2. The fraction of sp³-hybridized carbons (Fsp3) is 0.222. The van der Waals surface area contributed by atoms with Crippen LogP contribution in [0.1, 0.15) is 30.2 Å². The first-order valence-corrected chi connectivity index (χ1v) is 7.56. The summed E-state index contributed by atoms with van der Waals surface area (Å²) in [6, 6.07) is 17.7. The molecule has 5 heteroatoms. The minimum Gasteiger partial charge on any atom is -0.457 e. The summed E-state index contributed by atoms with van der Waals surface area (Å²) in [7, 11) is 0. The Morgan fingerprint density at radius 2 is 1.87 bits per heavy atom. The summed E-state index contributed by atoms with van der Waals surface area (Å²) in [4.78, 5) is 4.23. The average molecular weight is 309 g/mol. The average Bonchev–Trinajstić information content (AvgIpc) is 3.01. The SMILES string of the molecule is Cc1noc([C@@H](C)NCc2cccc(Oc3ccccc3)c2)n1. The van der Waals surface area contributed by atoms with E-state index in [1.54, 1.807) is 0 Å². The van der Waals surface area contributed by atoms with Crippen molar-refractivity contribution in [3.63, 3.8) is 0 Å². The molecule has 0 bridgehead atoms. The van der Waals surface area contributed by atoms with E-state index in [2.05, 4.69) is 21.5 Å². The number of rotatable bonds is 6. The van der Waals surface area contributed by atoms with Crippen molar-refractivity contribution in [3.8, 4) is 11.5 Å². The highest BCUT2D eigenvalue weighted by Crippen LogP contribution is 2.22. The van der Waals surface area contributed by atoms with Gasteiger partial charge in [-0.2, -0.15) is 4.98 Å². The van der Waals surface area contributed by atoms with Crippen LogP contribution in [0.15, 0.2) is 59.1 Å². The lowest BCUT2D eigenvalue weighted by Crippen LogP contribution is -2.18. The number of ether oxygens (including phenoxy) is 1. The predicted molar refractivity (Wildman–Crippen MR) is 87.2 cm³/mol. The molecule has 0 saturated heterocycles. The van der Waals surface area contributed by atoms with Gasteiger partial charge in [0, 0.05) is 6.54 Å². The number of aryl methyl sites for hydroxylation is 1. The fourth-order valence-electron chi connectivity index (χ4n) is 2.19. The van der Waals surface area contributed by atoms with Crippen LogP contribution < -0.4 is 10.1 Å². The van der Waals surface area contributed by atoms with Crippen molar-refractivity contribution in [3.05, 3.63) is 71.9 Å². The monoisotopic (exact) mass is 309 g/mol. The molecule has 0 amide bonds. The molecule has 0 aliphatic rings. The van der Waals surface area contributed by atoms with Crippen molar-refractivity contribution in [1.82, 2.24) is 15.5 Å². The summed E-state index contributed by atoms with van der Waals surface area (Å²) in [5, 5.41) is 7.18. The molecule has 3 aromatic rings. The van der Waals surface area contributed by atoms with Gasteiger partial charge in [-0.25, -0.2) is 0 Å². The Hall–Kier alpha value is -2.66. The number of hydrogen-bond donors (Lipinski definition) is 1. The van der Waals surface area contributed by atoms with Crippen molar-refractivity contribution in [1.29, 1.82) is 0 Å². The van der Waals surface area contributed by atoms with E-state index in [0.29, 0.717) is 18.3 Å². The molecular formula is C18H19N3O2. The Labute approximate surface area is 135 Å². The number of aromatic nitrogens is 2. The predicted octanol–water partition coefficient (Wildman–Crippen LogP) is 4.02. The van der Waals surface area contributed by atoms with Gasteiger partial charge in [0.1, 0.15) is 11.5 Å². The molecular weight excluding hydrogens is 290 g/mol. The Kier molecular flexibility index (Phi) is 4.68. The van der Waals surface area contributed by atoms with Crippen molar-refractivity contribution in [2.45, 2.75) is 26.4 Å². The first-order valence-electron chi connectivity index (χ1n) is 7.56. The molecule has 3 rings (SSSR count). The second-order valence-corrected chi connectivity index (χ2v) is 5.34. The highest BCUT2D eigenvalue weighted by atomic mass is 16.5. The lowest BCUT2D eigenvalue weighted by atomic mass is 10.2. The van der Waals surface area contributed by atoms with Crippen LogP contribution in [0.2, 0.25) is 0 Å². The summed E-state index contributed by atoms with van der Waals surface area (Å²) < 4.78 is 11.0. The molecule has 1 heterocycles. The van der Waals surface area contributed by atoms with Gasteiger partial charge in [0.25, 0.3) is 0 Å². The highest BCUT2D eigenvalue weighted by molar-refractivity contribution is 5.33. The van der Waals surface area contributed by atoms with E-state index < -0.39 is 0 Å². The minimum atomic E-state index is -0.00472. The zero-order valence-corrected chi connectivity index (χ0v) is 13.2. The van der Waals surface area contributed by atoms with Gasteiger partial charge in [-0.3, -0.25) is 0 Å². The smallest absolute Gasteiger partial charge is 0.243 e. The lowest BCUT2D eigenvalue weighted by Gasteiger charge is -2.11. The van der Waals surface area contributed by atoms with Crippen LogP contribution in [-0.2, 0) is 6.54 Å². The highest BCUT2D eigenvalue weighted by Gasteiger charge is 2.12. The van der Waals surface area contributed by atoms with Crippen molar-refractivity contribution >= 4 is 0 Å². The van der Waals surface area contributed by atoms with E-state index in [0.717, 1.165) is 17.1 Å². The Morgan fingerprint density at radius 3 is 2.61 bits per heavy atom. The maximum Gasteiger partial charge on any atom is 0.243 e. The summed E-state index contributed by atoms with van der Waals surface area (Å²) in [5.41, 5.74) is 1.13. The van der Waals surface area contributed by atoms with Gasteiger partial charge in [-0.15, -0.1) is 0 Å². The van der Waals surface area contributed by atoms with Crippen LogP contribution in [-0.4, -0.2) is 10.1 Å². The van der Waals surface area contributed by atoms with Gasteiger partial charge in [0.15, 0.2) is 5.82 Å². The largest absolute Gasteiger partial charge is 0.457 e. The summed E-state index contributed by atoms with van der Waals surface area (Å²) in [6.45, 7) is 4.50.